The molecule has 0 aliphatic carbocycles. The van der Waals surface area contributed by atoms with E-state index in [0.717, 1.165) is 19.6 Å². The molecule has 2 nitrogen and oxygen atoms in total. The molecule has 0 amide bonds. The highest BCUT2D eigenvalue weighted by Gasteiger charge is 2.09. The molecule has 0 aliphatic rings. The largest absolute Gasteiger partial charge is 0.502 e. The third-order valence-electron chi connectivity index (χ3n) is 2.59. The first-order valence-electron chi connectivity index (χ1n) is 5.69. The summed E-state index contributed by atoms with van der Waals surface area (Å²) in [6, 6.07) is 0. The zero-order valence-electron chi connectivity index (χ0n) is 10.1. The molecule has 0 heterocycles. The Bertz CT molecular complexity index is 166. The van der Waals surface area contributed by atoms with Gasteiger partial charge in [0.05, 0.1) is 25.7 Å². The molecule has 2 unspecified atom stereocenters. The Balaban J connectivity index is 3.58. The van der Waals surface area contributed by atoms with Crippen molar-refractivity contribution in [1.82, 2.24) is 0 Å². The molecule has 2 atom stereocenters. The van der Waals surface area contributed by atoms with Gasteiger partial charge in [0.25, 0.3) is 0 Å². The summed E-state index contributed by atoms with van der Waals surface area (Å²) in [4.78, 5) is 0. The summed E-state index contributed by atoms with van der Waals surface area (Å²) in [5.41, 5.74) is 0. The van der Waals surface area contributed by atoms with Gasteiger partial charge in [-0.2, -0.15) is 0 Å². The Morgan fingerprint density at radius 3 is 2.20 bits per heavy atom. The zero-order chi connectivity index (χ0) is 11.5. The second kappa shape index (κ2) is 9.63. The van der Waals surface area contributed by atoms with E-state index in [1.165, 1.54) is 25.4 Å². The normalized spacial score (nSPS) is 14.0. The molecule has 0 fully saturated rings. The summed E-state index contributed by atoms with van der Waals surface area (Å²) in [6.07, 6.45) is 6.54. The lowest BCUT2D eigenvalue weighted by Gasteiger charge is -2.17. The number of hydrogen-bond donors (Lipinski definition) is 0. The van der Waals surface area contributed by atoms with E-state index in [0.29, 0.717) is 11.8 Å². The van der Waals surface area contributed by atoms with Gasteiger partial charge in [0, 0.05) is 0 Å². The second-order valence-electron chi connectivity index (χ2n) is 3.96. The van der Waals surface area contributed by atoms with E-state index in [1.807, 2.05) is 0 Å². The van der Waals surface area contributed by atoms with Crippen molar-refractivity contribution in [1.29, 1.82) is 0 Å². The predicted molar refractivity (Wildman–Crippen MR) is 64.5 cm³/mol. The van der Waals surface area contributed by atoms with Gasteiger partial charge in [-0.05, 0) is 24.7 Å². The van der Waals surface area contributed by atoms with Gasteiger partial charge in [0.2, 0.25) is 0 Å². The van der Waals surface area contributed by atoms with Crippen molar-refractivity contribution in [2.75, 3.05) is 13.2 Å². The monoisotopic (exact) mass is 212 g/mol. The van der Waals surface area contributed by atoms with Gasteiger partial charge < -0.3 is 9.47 Å². The molecule has 88 valence electrons. The molecular formula is C13H24O2. The van der Waals surface area contributed by atoms with Crippen LogP contribution in [0.5, 0.6) is 0 Å². The van der Waals surface area contributed by atoms with Gasteiger partial charge in [0.1, 0.15) is 0 Å². The summed E-state index contributed by atoms with van der Waals surface area (Å²) in [7, 11) is 0. The van der Waals surface area contributed by atoms with E-state index in [2.05, 4.69) is 27.0 Å². The fourth-order valence-electron chi connectivity index (χ4n) is 1.45. The third kappa shape index (κ3) is 8.10. The van der Waals surface area contributed by atoms with Crippen LogP contribution in [0, 0.1) is 11.8 Å². The predicted octanol–water partition coefficient (Wildman–Crippen LogP) is 3.75. The first-order chi connectivity index (χ1) is 7.24. The molecule has 15 heavy (non-hydrogen) atoms. The number of rotatable bonds is 10. The van der Waals surface area contributed by atoms with Crippen LogP contribution in [0.15, 0.2) is 25.7 Å². The third-order valence-corrected chi connectivity index (χ3v) is 2.59. The molecule has 0 bridgehead atoms. The first kappa shape index (κ1) is 14.1. The first-order valence-corrected chi connectivity index (χ1v) is 5.69. The van der Waals surface area contributed by atoms with E-state index < -0.39 is 0 Å². The summed E-state index contributed by atoms with van der Waals surface area (Å²) in [5, 5.41) is 0. The van der Waals surface area contributed by atoms with Crippen LogP contribution in [0.25, 0.3) is 0 Å². The van der Waals surface area contributed by atoms with Crippen LogP contribution in [-0.2, 0) is 9.47 Å². The highest BCUT2D eigenvalue weighted by atomic mass is 16.5. The summed E-state index contributed by atoms with van der Waals surface area (Å²) in [6.45, 7) is 13.0. The van der Waals surface area contributed by atoms with E-state index in [-0.39, 0.29) is 0 Å². The molecule has 0 radical (unpaired) electrons. The fraction of sp³-hybridized carbons (Fsp3) is 0.692. The van der Waals surface area contributed by atoms with Crippen molar-refractivity contribution in [3.63, 3.8) is 0 Å². The maximum absolute atomic E-state index is 5.22. The molecule has 0 aromatic rings. The lowest BCUT2D eigenvalue weighted by molar-refractivity contribution is 0.162. The highest BCUT2D eigenvalue weighted by Crippen LogP contribution is 2.16. The van der Waals surface area contributed by atoms with E-state index in [4.69, 9.17) is 9.47 Å². The van der Waals surface area contributed by atoms with Crippen molar-refractivity contribution in [2.45, 2.75) is 33.1 Å². The fourth-order valence-corrected chi connectivity index (χ4v) is 1.45. The standard InChI is InChI=1S/C13H24O2/c1-5-13(11-15-7-3)9-8-12(4)10-14-6-2/h6-7,12-13H,2-3,5,8-11H2,1,4H3. The number of hydrogen-bond acceptors (Lipinski definition) is 2. The molecule has 0 N–H and O–H groups in total. The second-order valence-corrected chi connectivity index (χ2v) is 3.96. The molecule has 0 spiro atoms. The Kier molecular flexibility index (Phi) is 9.04. The van der Waals surface area contributed by atoms with Gasteiger partial charge >= 0.3 is 0 Å². The van der Waals surface area contributed by atoms with E-state index in [9.17, 15) is 0 Å². The van der Waals surface area contributed by atoms with Crippen molar-refractivity contribution in [3.8, 4) is 0 Å². The molecule has 0 rings (SSSR count). The molecule has 0 aromatic heterocycles. The summed E-state index contributed by atoms with van der Waals surface area (Å²) >= 11 is 0. The maximum Gasteiger partial charge on any atom is 0.0901 e. The summed E-state index contributed by atoms with van der Waals surface area (Å²) in [5.74, 6) is 1.22. The Hall–Kier alpha value is -0.920. The SMILES string of the molecule is C=COCC(C)CCC(CC)COC=C. The minimum Gasteiger partial charge on any atom is -0.502 e. The van der Waals surface area contributed by atoms with Crippen LogP contribution in [0.2, 0.25) is 0 Å². The average molecular weight is 212 g/mol. The van der Waals surface area contributed by atoms with Crippen LogP contribution in [-0.4, -0.2) is 13.2 Å². The van der Waals surface area contributed by atoms with Crippen LogP contribution < -0.4 is 0 Å². The summed E-state index contributed by atoms with van der Waals surface area (Å²) < 4.78 is 10.4. The van der Waals surface area contributed by atoms with Gasteiger partial charge in [-0.15, -0.1) is 0 Å². The van der Waals surface area contributed by atoms with Gasteiger partial charge in [-0.3, -0.25) is 0 Å². The molecule has 0 aromatic carbocycles. The Morgan fingerprint density at radius 1 is 1.07 bits per heavy atom. The van der Waals surface area contributed by atoms with Crippen LogP contribution >= 0.6 is 0 Å². The van der Waals surface area contributed by atoms with Crippen molar-refractivity contribution in [3.05, 3.63) is 25.7 Å². The van der Waals surface area contributed by atoms with Gasteiger partial charge in [0.15, 0.2) is 0 Å². The molecule has 0 saturated heterocycles. The van der Waals surface area contributed by atoms with Crippen molar-refractivity contribution in [2.24, 2.45) is 11.8 Å². The zero-order valence-corrected chi connectivity index (χ0v) is 10.1. The van der Waals surface area contributed by atoms with Crippen LogP contribution in [0.1, 0.15) is 33.1 Å². The maximum atomic E-state index is 5.22. The van der Waals surface area contributed by atoms with E-state index >= 15 is 0 Å². The molecule has 0 aliphatic heterocycles. The van der Waals surface area contributed by atoms with Crippen molar-refractivity contribution >= 4 is 0 Å². The number of ether oxygens (including phenoxy) is 2. The lowest BCUT2D eigenvalue weighted by atomic mass is 9.96. The minimum atomic E-state index is 0.584. The molecule has 0 saturated carbocycles. The van der Waals surface area contributed by atoms with Crippen LogP contribution in [0.4, 0.5) is 0 Å². The quantitative estimate of drug-likeness (QED) is 0.513. The van der Waals surface area contributed by atoms with E-state index in [1.54, 1.807) is 0 Å². The van der Waals surface area contributed by atoms with Crippen LogP contribution in [0.3, 0.4) is 0 Å². The smallest absolute Gasteiger partial charge is 0.0901 e. The van der Waals surface area contributed by atoms with Crippen molar-refractivity contribution < 1.29 is 9.47 Å². The molecular weight excluding hydrogens is 188 g/mol. The van der Waals surface area contributed by atoms with Gasteiger partial charge in [-0.25, -0.2) is 0 Å². The Labute approximate surface area is 94.0 Å². The average Bonchev–Trinajstić information content (AvgIpc) is 2.26. The van der Waals surface area contributed by atoms with Gasteiger partial charge in [-0.1, -0.05) is 33.4 Å². The topological polar surface area (TPSA) is 18.5 Å². The Morgan fingerprint density at radius 2 is 1.67 bits per heavy atom. The highest BCUT2D eigenvalue weighted by molar-refractivity contribution is 4.63. The minimum absolute atomic E-state index is 0.584. The molecule has 2 heteroatoms. The lowest BCUT2D eigenvalue weighted by Crippen LogP contribution is -2.10.